The average molecular weight is 419 g/mol. The second-order valence-corrected chi connectivity index (χ2v) is 6.68. The molecule has 1 aromatic carbocycles. The van der Waals surface area contributed by atoms with E-state index in [-0.39, 0.29) is 5.92 Å². The molecule has 0 radical (unpaired) electrons. The smallest absolute Gasteiger partial charge is 0.340 e. The highest BCUT2D eigenvalue weighted by atomic mass is 79.9. The number of halogens is 7. The molecular weight excluding hydrogens is 402 g/mol. The molecule has 1 nitrogen and oxygen atoms in total. The predicted molar refractivity (Wildman–Crippen MR) is 81.3 cm³/mol. The highest BCUT2D eigenvalue weighted by Crippen LogP contribution is 2.38. The van der Waals surface area contributed by atoms with E-state index in [4.69, 9.17) is 0 Å². The summed E-state index contributed by atoms with van der Waals surface area (Å²) in [4.78, 5) is 0. The predicted octanol–water partition coefficient (Wildman–Crippen LogP) is 5.91. The van der Waals surface area contributed by atoms with Gasteiger partial charge in [-0.05, 0) is 55.2 Å². The van der Waals surface area contributed by atoms with Crippen molar-refractivity contribution in [3.63, 3.8) is 0 Å². The standard InChI is InChI=1S/C16H17BrF6O/c17-7-9-1-3-10(4-2-9)11-5-12(18)14(13(19)6-11)24-8-16(22,23)15(20)21/h5-6,9-10,15H,1-4,7-8H2/t9-,10-. The summed E-state index contributed by atoms with van der Waals surface area (Å²) in [5.74, 6) is -7.30. The van der Waals surface area contributed by atoms with E-state index in [0.717, 1.165) is 43.1 Å². The zero-order chi connectivity index (χ0) is 17.9. The minimum Gasteiger partial charge on any atom is -0.481 e. The number of ether oxygens (including phenoxy) is 1. The van der Waals surface area contributed by atoms with Crippen LogP contribution in [-0.2, 0) is 0 Å². The lowest BCUT2D eigenvalue weighted by atomic mass is 9.79. The van der Waals surface area contributed by atoms with Crippen LogP contribution in [0.1, 0.15) is 37.2 Å². The monoisotopic (exact) mass is 418 g/mol. The first kappa shape index (κ1) is 19.4. The Labute approximate surface area is 144 Å². The van der Waals surface area contributed by atoms with Crippen LogP contribution in [-0.4, -0.2) is 24.3 Å². The van der Waals surface area contributed by atoms with E-state index in [1.807, 2.05) is 0 Å². The molecule has 0 heterocycles. The molecule has 0 aromatic heterocycles. The van der Waals surface area contributed by atoms with E-state index < -0.39 is 36.3 Å². The van der Waals surface area contributed by atoms with E-state index in [9.17, 15) is 26.3 Å². The summed E-state index contributed by atoms with van der Waals surface area (Å²) >= 11 is 3.41. The maximum atomic E-state index is 14.0. The molecule has 8 heteroatoms. The van der Waals surface area contributed by atoms with Gasteiger partial charge in [0.1, 0.15) is 0 Å². The van der Waals surface area contributed by atoms with E-state index in [1.165, 1.54) is 0 Å². The molecule has 0 spiro atoms. The zero-order valence-corrected chi connectivity index (χ0v) is 14.3. The molecule has 0 N–H and O–H groups in total. The third-order valence-corrected chi connectivity index (χ3v) is 5.20. The van der Waals surface area contributed by atoms with Crippen LogP contribution in [0.2, 0.25) is 0 Å². The van der Waals surface area contributed by atoms with Crippen molar-refractivity contribution >= 4 is 15.9 Å². The largest absolute Gasteiger partial charge is 0.481 e. The zero-order valence-electron chi connectivity index (χ0n) is 12.7. The van der Waals surface area contributed by atoms with Gasteiger partial charge in [-0.3, -0.25) is 0 Å². The van der Waals surface area contributed by atoms with Crippen molar-refractivity contribution in [2.24, 2.45) is 5.92 Å². The SMILES string of the molecule is Fc1cc([C@H]2CC[C@H](CBr)CC2)cc(F)c1OCC(F)(F)C(F)F. The second-order valence-electron chi connectivity index (χ2n) is 6.04. The number of rotatable bonds is 6. The lowest BCUT2D eigenvalue weighted by Crippen LogP contribution is -2.34. The van der Waals surface area contributed by atoms with Gasteiger partial charge < -0.3 is 4.74 Å². The number of benzene rings is 1. The van der Waals surface area contributed by atoms with Crippen molar-refractivity contribution in [3.8, 4) is 5.75 Å². The van der Waals surface area contributed by atoms with Crippen LogP contribution in [0, 0.1) is 17.6 Å². The third-order valence-electron chi connectivity index (χ3n) is 4.29. The first-order chi connectivity index (χ1) is 11.2. The number of alkyl halides is 5. The van der Waals surface area contributed by atoms with Crippen LogP contribution < -0.4 is 4.74 Å². The van der Waals surface area contributed by atoms with Gasteiger partial charge in [0.25, 0.3) is 0 Å². The Morgan fingerprint density at radius 2 is 1.62 bits per heavy atom. The fourth-order valence-corrected chi connectivity index (χ4v) is 3.48. The van der Waals surface area contributed by atoms with Crippen molar-refractivity contribution in [1.82, 2.24) is 0 Å². The summed E-state index contributed by atoms with van der Waals surface area (Å²) in [7, 11) is 0. The fraction of sp³-hybridized carbons (Fsp3) is 0.625. The Morgan fingerprint density at radius 1 is 1.08 bits per heavy atom. The Balaban J connectivity index is 2.08. The van der Waals surface area contributed by atoms with Crippen molar-refractivity contribution < 1.29 is 31.1 Å². The van der Waals surface area contributed by atoms with E-state index in [1.54, 1.807) is 0 Å². The van der Waals surface area contributed by atoms with Crippen molar-refractivity contribution in [2.45, 2.75) is 43.9 Å². The molecule has 1 aromatic rings. The molecule has 0 bridgehead atoms. The molecular formula is C16H17BrF6O. The molecule has 0 unspecified atom stereocenters. The van der Waals surface area contributed by atoms with Crippen LogP contribution in [0.4, 0.5) is 26.3 Å². The average Bonchev–Trinajstić information content (AvgIpc) is 2.53. The molecule has 2 rings (SSSR count). The highest BCUT2D eigenvalue weighted by Gasteiger charge is 2.42. The number of hydrogen-bond acceptors (Lipinski definition) is 1. The first-order valence-electron chi connectivity index (χ1n) is 7.58. The summed E-state index contributed by atoms with van der Waals surface area (Å²) in [5.41, 5.74) is 0.436. The van der Waals surface area contributed by atoms with Crippen molar-refractivity contribution in [1.29, 1.82) is 0 Å². The van der Waals surface area contributed by atoms with E-state index in [2.05, 4.69) is 20.7 Å². The lowest BCUT2D eigenvalue weighted by molar-refractivity contribution is -0.148. The molecule has 0 saturated heterocycles. The normalized spacial score (nSPS) is 22.0. The summed E-state index contributed by atoms with van der Waals surface area (Å²) in [5, 5.41) is 0.883. The van der Waals surface area contributed by atoms with Gasteiger partial charge in [0.05, 0.1) is 0 Å². The summed E-state index contributed by atoms with van der Waals surface area (Å²) < 4.78 is 82.0. The molecule has 24 heavy (non-hydrogen) atoms. The third kappa shape index (κ3) is 4.58. The van der Waals surface area contributed by atoms with Gasteiger partial charge >= 0.3 is 12.3 Å². The van der Waals surface area contributed by atoms with Crippen LogP contribution in [0.25, 0.3) is 0 Å². The van der Waals surface area contributed by atoms with Crippen LogP contribution in [0.5, 0.6) is 5.75 Å². The Bertz CT molecular complexity index is 534. The maximum Gasteiger partial charge on any atom is 0.340 e. The summed E-state index contributed by atoms with van der Waals surface area (Å²) in [6.07, 6.45) is -0.555. The topological polar surface area (TPSA) is 9.23 Å². The summed E-state index contributed by atoms with van der Waals surface area (Å²) in [6, 6.07) is 2.08. The molecule has 0 aliphatic heterocycles. The van der Waals surface area contributed by atoms with Crippen LogP contribution >= 0.6 is 15.9 Å². The molecule has 136 valence electrons. The molecule has 0 atom stereocenters. The lowest BCUT2D eigenvalue weighted by Gasteiger charge is -2.28. The van der Waals surface area contributed by atoms with Gasteiger partial charge in [0.2, 0.25) is 0 Å². The van der Waals surface area contributed by atoms with Gasteiger partial charge in [-0.2, -0.15) is 8.78 Å². The van der Waals surface area contributed by atoms with E-state index in [0.29, 0.717) is 11.5 Å². The van der Waals surface area contributed by atoms with Gasteiger partial charge in [-0.15, -0.1) is 0 Å². The quantitative estimate of drug-likeness (QED) is 0.412. The van der Waals surface area contributed by atoms with Gasteiger partial charge in [0.15, 0.2) is 24.0 Å². The molecule has 1 fully saturated rings. The van der Waals surface area contributed by atoms with Crippen LogP contribution in [0.3, 0.4) is 0 Å². The Hall–Kier alpha value is -0.920. The minimum absolute atomic E-state index is 0.0131. The van der Waals surface area contributed by atoms with E-state index >= 15 is 0 Å². The minimum atomic E-state index is -4.47. The highest BCUT2D eigenvalue weighted by molar-refractivity contribution is 9.09. The maximum absolute atomic E-state index is 14.0. The molecule has 0 amide bonds. The fourth-order valence-electron chi connectivity index (χ4n) is 2.83. The number of hydrogen-bond donors (Lipinski definition) is 0. The Kier molecular flexibility index (Phi) is 6.45. The molecule has 1 aliphatic rings. The van der Waals surface area contributed by atoms with Crippen molar-refractivity contribution in [2.75, 3.05) is 11.9 Å². The Morgan fingerprint density at radius 3 is 2.08 bits per heavy atom. The second kappa shape index (κ2) is 7.97. The van der Waals surface area contributed by atoms with Gasteiger partial charge in [0, 0.05) is 5.33 Å². The first-order valence-corrected chi connectivity index (χ1v) is 8.70. The van der Waals surface area contributed by atoms with Crippen LogP contribution in [0.15, 0.2) is 12.1 Å². The van der Waals surface area contributed by atoms with Gasteiger partial charge in [-0.1, -0.05) is 15.9 Å². The van der Waals surface area contributed by atoms with Gasteiger partial charge in [-0.25, -0.2) is 17.6 Å². The van der Waals surface area contributed by atoms with Crippen molar-refractivity contribution in [3.05, 3.63) is 29.3 Å². The summed E-state index contributed by atoms with van der Waals surface area (Å²) in [6.45, 7) is -1.78. The molecule has 1 aliphatic carbocycles. The molecule has 1 saturated carbocycles.